The zero-order valence-electron chi connectivity index (χ0n) is 6.28. The maximum Gasteiger partial charge on any atom is 2.00 e. The Labute approximate surface area is 98.4 Å². The molecule has 2 N–H and O–H groups in total. The fourth-order valence-electron chi connectivity index (χ4n) is 0. The number of hydrogen-bond donors (Lipinski definition) is 2. The molecule has 0 saturated heterocycles. The Balaban J connectivity index is -0.0000000267. The van der Waals surface area contributed by atoms with Gasteiger partial charge >= 0.3 is 33.5 Å². The van der Waals surface area contributed by atoms with Crippen LogP contribution in [0.4, 0.5) is 0 Å². The molecule has 0 fully saturated rings. The summed E-state index contributed by atoms with van der Waals surface area (Å²) in [6.45, 7) is 0. The van der Waals surface area contributed by atoms with E-state index in [4.69, 9.17) is 35.0 Å². The van der Waals surface area contributed by atoms with Crippen molar-refractivity contribution in [3.63, 3.8) is 0 Å². The Hall–Kier alpha value is 1.37. The van der Waals surface area contributed by atoms with Gasteiger partial charge in [0.15, 0.2) is 0 Å². The first kappa shape index (κ1) is 29.3. The van der Waals surface area contributed by atoms with Gasteiger partial charge in [-0.3, -0.25) is 17.5 Å². The van der Waals surface area contributed by atoms with Gasteiger partial charge in [-0.25, -0.2) is 0 Å². The van der Waals surface area contributed by atoms with Gasteiger partial charge in [-0.05, 0) is 0 Å². The molecular weight excluding hydrogens is 278 g/mol. The molecule has 2 unspecified atom stereocenters. The maximum absolute atomic E-state index is 8.74. The molecule has 0 aromatic rings. The summed E-state index contributed by atoms with van der Waals surface area (Å²) in [5.74, 6) is 0. The van der Waals surface area contributed by atoms with Crippen molar-refractivity contribution in [2.24, 2.45) is 0 Å². The van der Waals surface area contributed by atoms with Crippen LogP contribution in [0.2, 0.25) is 0 Å². The van der Waals surface area contributed by atoms with Crippen LogP contribution >= 0.6 is 19.8 Å². The Kier molecular flexibility index (Phi) is 25.7. The predicted octanol–water partition coefficient (Wildman–Crippen LogP) is -2.26. The molecule has 0 rings (SSSR count). The van der Waals surface area contributed by atoms with Crippen molar-refractivity contribution in [3.8, 4) is 0 Å². The van der Waals surface area contributed by atoms with Gasteiger partial charge in [0, 0.05) is 10.4 Å². The summed E-state index contributed by atoms with van der Waals surface area (Å²) in [5, 5.41) is 0. The second-order valence-corrected chi connectivity index (χ2v) is 2.57. The zero-order chi connectivity index (χ0) is 9.00. The van der Waals surface area contributed by atoms with E-state index < -0.39 is 20.8 Å². The minimum atomic E-state index is -5.17. The third kappa shape index (κ3) is 925. The Morgan fingerprint density at radius 2 is 0.846 bits per heavy atom. The van der Waals surface area contributed by atoms with Crippen LogP contribution in [0.25, 0.3) is 0 Å². The van der Waals surface area contributed by atoms with Crippen LogP contribution in [0.15, 0.2) is 0 Å². The summed E-state index contributed by atoms with van der Waals surface area (Å²) in [6.07, 6.45) is 0. The van der Waals surface area contributed by atoms with Crippen molar-refractivity contribution >= 4 is 63.6 Å². The van der Waals surface area contributed by atoms with E-state index in [0.717, 1.165) is 0 Å². The smallest absolute Gasteiger partial charge is 0.759 e. The average Bonchev–Trinajstić information content (AvgIpc) is 1.12. The van der Waals surface area contributed by atoms with Crippen molar-refractivity contribution < 1.29 is 35.0 Å². The molecule has 0 bridgehead atoms. The van der Waals surface area contributed by atoms with Gasteiger partial charge in [-0.2, -0.15) is 28.2 Å². The van der Waals surface area contributed by atoms with E-state index in [-0.39, 0.29) is 42.9 Å². The van der Waals surface area contributed by atoms with Crippen LogP contribution in [0, 0.1) is 0 Å². The molecule has 0 aliphatic rings. The summed E-state index contributed by atoms with van der Waals surface area (Å²) < 4.78 is 65.7. The van der Waals surface area contributed by atoms with Crippen molar-refractivity contribution in [2.45, 2.75) is 0 Å². The van der Waals surface area contributed by atoms with Crippen molar-refractivity contribution in [2.75, 3.05) is 0 Å². The molecule has 0 aromatic heterocycles. The van der Waals surface area contributed by atoms with Crippen molar-refractivity contribution in [1.82, 2.24) is 0 Å². The Morgan fingerprint density at radius 3 is 0.846 bits per heavy atom. The SMILES string of the molecule is O=S(=O)(O)O.O=S(=O)([O-])[O-].P.P.[Mg+2]. The average molecular weight is 286 g/mol. The monoisotopic (exact) mass is 286 g/mol. The molecule has 80 valence electrons. The standard InChI is InChI=1S/Mg.2H2O4S.2H3P/c;2*1-5(2,3)4;;/h;2*(H2,1,2,3,4);2*1H3/q+2;;;;/p-2. The molecule has 0 amide bonds. The van der Waals surface area contributed by atoms with Gasteiger partial charge in [0.2, 0.25) is 0 Å². The number of rotatable bonds is 0. The van der Waals surface area contributed by atoms with E-state index >= 15 is 0 Å². The summed E-state index contributed by atoms with van der Waals surface area (Å²) in [6, 6.07) is 0. The summed E-state index contributed by atoms with van der Waals surface area (Å²) in [7, 11) is -9.83. The molecular formula is H8MgO8P2S2. The van der Waals surface area contributed by atoms with E-state index in [9.17, 15) is 0 Å². The molecule has 0 aromatic carbocycles. The first-order valence-corrected chi connectivity index (χ1v) is 4.10. The van der Waals surface area contributed by atoms with Crippen LogP contribution < -0.4 is 0 Å². The second-order valence-electron chi connectivity index (χ2n) is 0.856. The van der Waals surface area contributed by atoms with Crippen LogP contribution in [0.1, 0.15) is 0 Å². The molecule has 0 aliphatic carbocycles. The van der Waals surface area contributed by atoms with Crippen LogP contribution in [0.5, 0.6) is 0 Å². The third-order valence-corrected chi connectivity index (χ3v) is 0. The van der Waals surface area contributed by atoms with E-state index in [1.165, 1.54) is 0 Å². The van der Waals surface area contributed by atoms with E-state index in [1.54, 1.807) is 0 Å². The number of hydrogen-bond acceptors (Lipinski definition) is 6. The maximum atomic E-state index is 8.74. The second kappa shape index (κ2) is 11.4. The van der Waals surface area contributed by atoms with Gasteiger partial charge in [-0.1, -0.05) is 0 Å². The molecule has 0 saturated carbocycles. The minimum Gasteiger partial charge on any atom is -0.759 e. The summed E-state index contributed by atoms with van der Waals surface area (Å²) in [5.41, 5.74) is 0. The fourth-order valence-corrected chi connectivity index (χ4v) is 0. The molecule has 0 aliphatic heterocycles. The van der Waals surface area contributed by atoms with Gasteiger partial charge in [0.05, 0.1) is 0 Å². The molecule has 0 radical (unpaired) electrons. The van der Waals surface area contributed by atoms with Gasteiger partial charge in [0.1, 0.15) is 0 Å². The third-order valence-electron chi connectivity index (χ3n) is 0. The molecule has 2 atom stereocenters. The molecule has 13 heteroatoms. The van der Waals surface area contributed by atoms with Crippen LogP contribution in [-0.2, 0) is 20.8 Å². The molecule has 13 heavy (non-hydrogen) atoms. The van der Waals surface area contributed by atoms with Crippen LogP contribution in [0.3, 0.4) is 0 Å². The first-order valence-electron chi connectivity index (χ1n) is 1.37. The normalized spacial score (nSPS) is 8.92. The summed E-state index contributed by atoms with van der Waals surface area (Å²) in [4.78, 5) is 0. The molecule has 0 heterocycles. The van der Waals surface area contributed by atoms with Gasteiger partial charge in [-0.15, -0.1) is 0 Å². The fraction of sp³-hybridized carbons (Fsp3) is 0. The molecule has 8 nitrogen and oxygen atoms in total. The topological polar surface area (TPSA) is 155 Å². The van der Waals surface area contributed by atoms with E-state index in [0.29, 0.717) is 0 Å². The molecule has 0 spiro atoms. The Morgan fingerprint density at radius 1 is 0.846 bits per heavy atom. The first-order chi connectivity index (χ1) is 4.00. The Bertz CT molecular complexity index is 217. The van der Waals surface area contributed by atoms with Gasteiger partial charge < -0.3 is 9.11 Å². The summed E-state index contributed by atoms with van der Waals surface area (Å²) >= 11 is 0. The predicted molar refractivity (Wildman–Crippen MR) is 52.6 cm³/mol. The minimum absolute atomic E-state index is 0. The van der Waals surface area contributed by atoms with Gasteiger partial charge in [0.25, 0.3) is 0 Å². The van der Waals surface area contributed by atoms with Crippen LogP contribution in [-0.4, -0.2) is 58.1 Å². The van der Waals surface area contributed by atoms with E-state index in [1.807, 2.05) is 0 Å². The van der Waals surface area contributed by atoms with Crippen molar-refractivity contribution in [3.05, 3.63) is 0 Å². The quantitative estimate of drug-likeness (QED) is 0.219. The van der Waals surface area contributed by atoms with Crippen molar-refractivity contribution in [1.29, 1.82) is 0 Å². The van der Waals surface area contributed by atoms with E-state index in [2.05, 4.69) is 0 Å². The largest absolute Gasteiger partial charge is 2.00 e. The zero-order valence-corrected chi connectivity index (χ0v) is 12.2.